The zero-order chi connectivity index (χ0) is 21.6. The number of hydrogen-bond acceptors (Lipinski definition) is 4. The minimum absolute atomic E-state index is 0.258. The van der Waals surface area contributed by atoms with Gasteiger partial charge < -0.3 is 4.18 Å². The maximum atomic E-state index is 13.2. The monoisotopic (exact) mass is 435 g/mol. The van der Waals surface area contributed by atoms with Crippen LogP contribution in [0, 0.1) is 6.92 Å². The van der Waals surface area contributed by atoms with E-state index >= 15 is 0 Å². The Kier molecular flexibility index (Phi) is 4.98. The summed E-state index contributed by atoms with van der Waals surface area (Å²) in [5.41, 5.74) is -3.51. The van der Waals surface area contributed by atoms with Crippen LogP contribution in [0.1, 0.15) is 16.8 Å². The highest BCUT2D eigenvalue weighted by molar-refractivity contribution is 7.87. The van der Waals surface area contributed by atoms with Crippen molar-refractivity contribution >= 4 is 21.0 Å². The van der Waals surface area contributed by atoms with Gasteiger partial charge in [0.2, 0.25) is 0 Å². The van der Waals surface area contributed by atoms with Gasteiger partial charge in [0.1, 0.15) is 10.6 Å². The lowest BCUT2D eigenvalue weighted by Crippen LogP contribution is -2.14. The average Bonchev–Trinajstić information content (AvgIpc) is 2.59. The van der Waals surface area contributed by atoms with Gasteiger partial charge >= 0.3 is 22.5 Å². The van der Waals surface area contributed by atoms with E-state index in [0.29, 0.717) is 11.6 Å². The molecule has 0 aliphatic heterocycles. The standard InChI is InChI=1S/C18H11F6NO3S/c1-10-5-7-11(8-6-10)29(26,27)28-14-9-15(18(22,23)24)25-16-12(14)3-2-4-13(16)17(19,20)21/h2-9H,1H3. The van der Waals surface area contributed by atoms with Gasteiger partial charge in [-0.15, -0.1) is 0 Å². The fourth-order valence-electron chi connectivity index (χ4n) is 2.53. The van der Waals surface area contributed by atoms with E-state index in [4.69, 9.17) is 4.18 Å². The molecular formula is C18H11F6NO3S. The number of para-hydroxylation sites is 1. The summed E-state index contributed by atoms with van der Waals surface area (Å²) in [4.78, 5) is 2.70. The lowest BCUT2D eigenvalue weighted by Gasteiger charge is -2.16. The van der Waals surface area contributed by atoms with Crippen LogP contribution in [-0.4, -0.2) is 13.4 Å². The van der Waals surface area contributed by atoms with Crippen molar-refractivity contribution in [2.24, 2.45) is 0 Å². The Morgan fingerprint density at radius 1 is 0.897 bits per heavy atom. The molecule has 0 N–H and O–H groups in total. The highest BCUT2D eigenvalue weighted by Gasteiger charge is 2.38. The van der Waals surface area contributed by atoms with Gasteiger partial charge in [-0.05, 0) is 31.2 Å². The van der Waals surface area contributed by atoms with Gasteiger partial charge in [-0.25, -0.2) is 4.98 Å². The molecule has 154 valence electrons. The van der Waals surface area contributed by atoms with Crippen LogP contribution < -0.4 is 4.18 Å². The van der Waals surface area contributed by atoms with E-state index in [1.165, 1.54) is 24.3 Å². The van der Waals surface area contributed by atoms with E-state index in [0.717, 1.165) is 12.1 Å². The molecule has 0 fully saturated rings. The molecule has 0 aliphatic rings. The van der Waals surface area contributed by atoms with Crippen molar-refractivity contribution in [3.8, 4) is 5.75 Å². The number of aryl methyl sites for hydroxylation is 1. The first-order valence-corrected chi connectivity index (χ1v) is 9.29. The Labute approximate surface area is 160 Å². The number of nitrogens with zero attached hydrogens (tertiary/aromatic N) is 1. The number of rotatable bonds is 3. The number of alkyl halides is 6. The largest absolute Gasteiger partial charge is 0.433 e. The lowest BCUT2D eigenvalue weighted by atomic mass is 10.1. The highest BCUT2D eigenvalue weighted by Crippen LogP contribution is 2.40. The second-order valence-corrected chi connectivity index (χ2v) is 7.60. The van der Waals surface area contributed by atoms with E-state index in [9.17, 15) is 34.8 Å². The molecule has 0 spiro atoms. The van der Waals surface area contributed by atoms with Crippen LogP contribution >= 0.6 is 0 Å². The van der Waals surface area contributed by atoms with Gasteiger partial charge in [0.05, 0.1) is 11.1 Å². The molecular weight excluding hydrogens is 424 g/mol. The van der Waals surface area contributed by atoms with E-state index in [2.05, 4.69) is 4.98 Å². The van der Waals surface area contributed by atoms with Gasteiger partial charge in [0.15, 0.2) is 5.75 Å². The van der Waals surface area contributed by atoms with Crippen LogP contribution in [-0.2, 0) is 22.5 Å². The van der Waals surface area contributed by atoms with Crippen molar-refractivity contribution in [3.05, 3.63) is 65.4 Å². The Morgan fingerprint density at radius 2 is 1.52 bits per heavy atom. The molecule has 0 unspecified atom stereocenters. The topological polar surface area (TPSA) is 56.3 Å². The molecule has 4 nitrogen and oxygen atoms in total. The SMILES string of the molecule is Cc1ccc(S(=O)(=O)Oc2cc(C(F)(F)F)nc3c(C(F)(F)F)cccc23)cc1. The van der Waals surface area contributed by atoms with Crippen molar-refractivity contribution < 1.29 is 38.9 Å². The average molecular weight is 435 g/mol. The maximum absolute atomic E-state index is 13.2. The predicted octanol–water partition coefficient (Wildman–Crippen LogP) is 5.35. The molecule has 3 rings (SSSR count). The fourth-order valence-corrected chi connectivity index (χ4v) is 3.47. The molecule has 0 amide bonds. The van der Waals surface area contributed by atoms with Crippen molar-refractivity contribution in [1.82, 2.24) is 4.98 Å². The Morgan fingerprint density at radius 3 is 2.07 bits per heavy atom. The third-order valence-electron chi connectivity index (χ3n) is 3.91. The molecule has 0 bridgehead atoms. The van der Waals surface area contributed by atoms with Gasteiger partial charge in [0.25, 0.3) is 0 Å². The molecule has 3 aromatic rings. The van der Waals surface area contributed by atoms with Crippen LogP contribution in [0.5, 0.6) is 5.75 Å². The maximum Gasteiger partial charge on any atom is 0.433 e. The summed E-state index contributed by atoms with van der Waals surface area (Å²) in [6, 6.07) is 7.93. The Balaban J connectivity index is 2.25. The van der Waals surface area contributed by atoms with E-state index < -0.39 is 50.4 Å². The smallest absolute Gasteiger partial charge is 0.378 e. The first kappa shape index (κ1) is 20.9. The van der Waals surface area contributed by atoms with Crippen molar-refractivity contribution in [2.75, 3.05) is 0 Å². The lowest BCUT2D eigenvalue weighted by molar-refractivity contribution is -0.142. The van der Waals surface area contributed by atoms with Crippen LogP contribution in [0.4, 0.5) is 26.3 Å². The summed E-state index contributed by atoms with van der Waals surface area (Å²) in [6.07, 6.45) is -10.1. The molecule has 11 heteroatoms. The summed E-state index contributed by atoms with van der Waals surface area (Å²) < 4.78 is 109. The minimum Gasteiger partial charge on any atom is -0.378 e. The predicted molar refractivity (Wildman–Crippen MR) is 90.7 cm³/mol. The van der Waals surface area contributed by atoms with E-state index in [1.54, 1.807) is 6.92 Å². The second kappa shape index (κ2) is 6.90. The van der Waals surface area contributed by atoms with Crippen LogP contribution in [0.15, 0.2) is 53.4 Å². The first-order chi connectivity index (χ1) is 13.3. The van der Waals surface area contributed by atoms with Gasteiger partial charge in [-0.1, -0.05) is 23.8 Å². The highest BCUT2D eigenvalue weighted by atomic mass is 32.2. The second-order valence-electron chi connectivity index (χ2n) is 6.05. The number of benzene rings is 2. The summed E-state index contributed by atoms with van der Waals surface area (Å²) in [6.45, 7) is 1.68. The van der Waals surface area contributed by atoms with Gasteiger partial charge in [-0.2, -0.15) is 34.8 Å². The van der Waals surface area contributed by atoms with Crippen molar-refractivity contribution in [1.29, 1.82) is 0 Å². The molecule has 0 saturated carbocycles. The van der Waals surface area contributed by atoms with Gasteiger partial charge in [-0.3, -0.25) is 0 Å². The number of pyridine rings is 1. The fraction of sp³-hybridized carbons (Fsp3) is 0.167. The summed E-state index contributed by atoms with van der Waals surface area (Å²) >= 11 is 0. The zero-order valence-corrected chi connectivity index (χ0v) is 15.3. The number of hydrogen-bond donors (Lipinski definition) is 0. The summed E-state index contributed by atoms with van der Waals surface area (Å²) in [5, 5.41) is -0.525. The molecule has 1 heterocycles. The molecule has 1 aromatic heterocycles. The Bertz CT molecular complexity index is 1170. The number of aromatic nitrogens is 1. The van der Waals surface area contributed by atoms with E-state index in [-0.39, 0.29) is 11.0 Å². The van der Waals surface area contributed by atoms with Gasteiger partial charge in [0, 0.05) is 11.5 Å². The van der Waals surface area contributed by atoms with Crippen molar-refractivity contribution in [3.63, 3.8) is 0 Å². The quantitative estimate of drug-likeness (QED) is 0.411. The van der Waals surface area contributed by atoms with Crippen LogP contribution in [0.2, 0.25) is 0 Å². The third-order valence-corrected chi connectivity index (χ3v) is 5.16. The number of fused-ring (bicyclic) bond motifs is 1. The van der Waals surface area contributed by atoms with Crippen LogP contribution in [0.3, 0.4) is 0 Å². The minimum atomic E-state index is -5.13. The van der Waals surface area contributed by atoms with Crippen LogP contribution in [0.25, 0.3) is 10.9 Å². The van der Waals surface area contributed by atoms with Crippen molar-refractivity contribution in [2.45, 2.75) is 24.2 Å². The molecule has 2 aromatic carbocycles. The third kappa shape index (κ3) is 4.29. The molecule has 0 aliphatic carbocycles. The zero-order valence-electron chi connectivity index (χ0n) is 14.5. The Hall–Kier alpha value is -2.82. The normalized spacial score (nSPS) is 12.9. The summed E-state index contributed by atoms with van der Waals surface area (Å²) in [5.74, 6) is -0.908. The molecule has 0 atom stereocenters. The molecule has 29 heavy (non-hydrogen) atoms. The van der Waals surface area contributed by atoms with E-state index in [1.807, 2.05) is 0 Å². The summed E-state index contributed by atoms with van der Waals surface area (Å²) in [7, 11) is -4.61. The molecule has 0 radical (unpaired) electrons. The number of halogens is 6. The first-order valence-electron chi connectivity index (χ1n) is 7.88. The molecule has 0 saturated heterocycles.